The first-order valence-corrected chi connectivity index (χ1v) is 6.65. The minimum Gasteiger partial charge on any atom is -0.468 e. The summed E-state index contributed by atoms with van der Waals surface area (Å²) in [7, 11) is 1.32. The van der Waals surface area contributed by atoms with Crippen molar-refractivity contribution in [2.75, 3.05) is 18.7 Å². The van der Waals surface area contributed by atoms with Crippen molar-refractivity contribution in [2.45, 2.75) is 5.16 Å². The van der Waals surface area contributed by atoms with E-state index in [2.05, 4.69) is 14.9 Å². The van der Waals surface area contributed by atoms with Gasteiger partial charge >= 0.3 is 5.97 Å². The number of aromatic nitrogens is 3. The number of nitrogens with zero attached hydrogens (tertiary/aromatic N) is 3. The van der Waals surface area contributed by atoms with E-state index in [-0.39, 0.29) is 11.7 Å². The van der Waals surface area contributed by atoms with Gasteiger partial charge in [-0.05, 0) is 12.1 Å². The molecule has 0 amide bonds. The maximum atomic E-state index is 11.1. The van der Waals surface area contributed by atoms with Gasteiger partial charge in [0.2, 0.25) is 5.16 Å². The first kappa shape index (κ1) is 13.7. The van der Waals surface area contributed by atoms with Gasteiger partial charge < -0.3 is 10.6 Å². The number of nitrogen functional groups attached to an aromatic ring is 1. The molecule has 0 atom stereocenters. The molecule has 0 bridgehead atoms. The molecule has 0 spiro atoms. The highest BCUT2D eigenvalue weighted by molar-refractivity contribution is 7.99. The van der Waals surface area contributed by atoms with Crippen molar-refractivity contribution in [3.63, 3.8) is 0 Å². The lowest BCUT2D eigenvalue weighted by Crippen LogP contribution is -2.13. The third-order valence-corrected chi connectivity index (χ3v) is 3.57. The largest absolute Gasteiger partial charge is 0.468 e. The van der Waals surface area contributed by atoms with Crippen LogP contribution < -0.4 is 5.84 Å². The number of carbonyl (C=O) groups excluding carboxylic acids is 1. The van der Waals surface area contributed by atoms with Crippen LogP contribution in [0.3, 0.4) is 0 Å². The van der Waals surface area contributed by atoms with E-state index in [9.17, 15) is 4.79 Å². The van der Waals surface area contributed by atoms with Crippen molar-refractivity contribution >= 4 is 29.3 Å². The molecule has 0 aliphatic heterocycles. The Morgan fingerprint density at radius 3 is 2.89 bits per heavy atom. The Morgan fingerprint density at radius 1 is 1.47 bits per heavy atom. The Kier molecular flexibility index (Phi) is 4.28. The minimum atomic E-state index is -0.354. The quantitative estimate of drug-likeness (QED) is 0.524. The van der Waals surface area contributed by atoms with Crippen LogP contribution in [0.25, 0.3) is 11.4 Å². The van der Waals surface area contributed by atoms with Crippen LogP contribution in [-0.4, -0.2) is 33.7 Å². The highest BCUT2D eigenvalue weighted by Gasteiger charge is 2.15. The number of benzene rings is 1. The third-order valence-electron chi connectivity index (χ3n) is 2.33. The molecule has 1 aromatic carbocycles. The zero-order valence-corrected chi connectivity index (χ0v) is 11.6. The van der Waals surface area contributed by atoms with Crippen molar-refractivity contribution in [1.82, 2.24) is 14.9 Å². The predicted molar refractivity (Wildman–Crippen MR) is 73.4 cm³/mol. The summed E-state index contributed by atoms with van der Waals surface area (Å²) in [6, 6.07) is 7.18. The van der Waals surface area contributed by atoms with Gasteiger partial charge in [0.25, 0.3) is 0 Å². The number of ether oxygens (including phenoxy) is 1. The molecule has 6 nitrogen and oxygen atoms in total. The standard InChI is InChI=1S/C11H11ClN4O2S/c1-18-9(17)6-19-11-15-14-10(16(11)13)7-4-2-3-5-8(7)12/h2-5H,6,13H2,1H3. The van der Waals surface area contributed by atoms with Crippen LogP contribution in [0.15, 0.2) is 29.4 Å². The van der Waals surface area contributed by atoms with E-state index in [0.29, 0.717) is 21.6 Å². The number of rotatable bonds is 4. The van der Waals surface area contributed by atoms with E-state index >= 15 is 0 Å². The second-order valence-electron chi connectivity index (χ2n) is 3.52. The van der Waals surface area contributed by atoms with Gasteiger partial charge in [0, 0.05) is 5.56 Å². The normalized spacial score (nSPS) is 10.4. The van der Waals surface area contributed by atoms with Crippen molar-refractivity contribution in [3.05, 3.63) is 29.3 Å². The summed E-state index contributed by atoms with van der Waals surface area (Å²) >= 11 is 7.22. The molecule has 0 saturated heterocycles. The molecule has 0 radical (unpaired) electrons. The Bertz CT molecular complexity index is 602. The number of methoxy groups -OCH3 is 1. The molecule has 0 unspecified atom stereocenters. The van der Waals surface area contributed by atoms with Crippen LogP contribution in [0.5, 0.6) is 0 Å². The lowest BCUT2D eigenvalue weighted by atomic mass is 10.2. The highest BCUT2D eigenvalue weighted by Crippen LogP contribution is 2.27. The number of halogens is 1. The van der Waals surface area contributed by atoms with Crippen LogP contribution in [-0.2, 0) is 9.53 Å². The number of thioether (sulfide) groups is 1. The molecule has 1 heterocycles. The second-order valence-corrected chi connectivity index (χ2v) is 4.87. The Labute approximate surface area is 118 Å². The molecule has 0 fully saturated rings. The smallest absolute Gasteiger partial charge is 0.316 e. The van der Waals surface area contributed by atoms with Crippen molar-refractivity contribution in [1.29, 1.82) is 0 Å². The fourth-order valence-corrected chi connectivity index (χ4v) is 2.29. The van der Waals surface area contributed by atoms with E-state index in [1.54, 1.807) is 12.1 Å². The molecule has 0 aliphatic carbocycles. The van der Waals surface area contributed by atoms with Gasteiger partial charge in [-0.3, -0.25) is 4.79 Å². The fraction of sp³-hybridized carbons (Fsp3) is 0.182. The maximum absolute atomic E-state index is 11.1. The van der Waals surface area contributed by atoms with Gasteiger partial charge in [-0.25, -0.2) is 4.68 Å². The van der Waals surface area contributed by atoms with Crippen LogP contribution >= 0.6 is 23.4 Å². The van der Waals surface area contributed by atoms with Gasteiger partial charge in [0.15, 0.2) is 5.82 Å². The first-order chi connectivity index (χ1) is 9.13. The molecular weight excluding hydrogens is 288 g/mol. The van der Waals surface area contributed by atoms with Crippen molar-refractivity contribution in [3.8, 4) is 11.4 Å². The van der Waals surface area contributed by atoms with Crippen molar-refractivity contribution in [2.24, 2.45) is 0 Å². The van der Waals surface area contributed by atoms with E-state index in [4.69, 9.17) is 17.4 Å². The van der Waals surface area contributed by atoms with E-state index in [0.717, 1.165) is 11.8 Å². The molecule has 0 saturated carbocycles. The lowest BCUT2D eigenvalue weighted by Gasteiger charge is -2.04. The summed E-state index contributed by atoms with van der Waals surface area (Å²) in [6.07, 6.45) is 0. The summed E-state index contributed by atoms with van der Waals surface area (Å²) < 4.78 is 5.84. The molecule has 1 aromatic heterocycles. The average Bonchev–Trinajstić information content (AvgIpc) is 2.78. The van der Waals surface area contributed by atoms with Gasteiger partial charge in [0.1, 0.15) is 0 Å². The van der Waals surface area contributed by atoms with Crippen LogP contribution in [0, 0.1) is 0 Å². The lowest BCUT2D eigenvalue weighted by molar-refractivity contribution is -0.137. The Hall–Kier alpha value is -1.73. The second kappa shape index (κ2) is 5.94. The molecule has 2 N–H and O–H groups in total. The van der Waals surface area contributed by atoms with Gasteiger partial charge in [-0.2, -0.15) is 0 Å². The summed E-state index contributed by atoms with van der Waals surface area (Å²) in [6.45, 7) is 0. The average molecular weight is 299 g/mol. The van der Waals surface area contributed by atoms with E-state index in [1.807, 2.05) is 12.1 Å². The number of hydrogen-bond donors (Lipinski definition) is 1. The molecule has 2 aromatic rings. The fourth-order valence-electron chi connectivity index (χ4n) is 1.38. The zero-order chi connectivity index (χ0) is 13.8. The third kappa shape index (κ3) is 2.99. The monoisotopic (exact) mass is 298 g/mol. The van der Waals surface area contributed by atoms with E-state index in [1.165, 1.54) is 11.8 Å². The highest BCUT2D eigenvalue weighted by atomic mass is 35.5. The molecule has 2 rings (SSSR count). The summed E-state index contributed by atoms with van der Waals surface area (Å²) in [4.78, 5) is 11.1. The molecule has 19 heavy (non-hydrogen) atoms. The summed E-state index contributed by atoms with van der Waals surface area (Å²) in [5, 5.41) is 8.86. The zero-order valence-electron chi connectivity index (χ0n) is 10.0. The Morgan fingerprint density at radius 2 is 2.21 bits per heavy atom. The van der Waals surface area contributed by atoms with Gasteiger partial charge in [-0.15, -0.1) is 10.2 Å². The Balaban J connectivity index is 2.24. The summed E-state index contributed by atoms with van der Waals surface area (Å²) in [5.74, 6) is 6.10. The minimum absolute atomic E-state index is 0.119. The molecule has 100 valence electrons. The number of hydrogen-bond acceptors (Lipinski definition) is 6. The maximum Gasteiger partial charge on any atom is 0.316 e. The molecule has 0 aliphatic rings. The van der Waals surface area contributed by atoms with Crippen LogP contribution in [0.2, 0.25) is 5.02 Å². The predicted octanol–water partition coefficient (Wildman–Crippen LogP) is 1.58. The van der Waals surface area contributed by atoms with Crippen LogP contribution in [0.4, 0.5) is 0 Å². The van der Waals surface area contributed by atoms with Gasteiger partial charge in [0.05, 0.1) is 17.9 Å². The SMILES string of the molecule is COC(=O)CSc1nnc(-c2ccccc2Cl)n1N. The number of carbonyl (C=O) groups is 1. The molecule has 8 heteroatoms. The van der Waals surface area contributed by atoms with Crippen molar-refractivity contribution < 1.29 is 9.53 Å². The van der Waals surface area contributed by atoms with Crippen LogP contribution in [0.1, 0.15) is 0 Å². The topological polar surface area (TPSA) is 83.0 Å². The summed E-state index contributed by atoms with van der Waals surface area (Å²) in [5.41, 5.74) is 0.684. The van der Waals surface area contributed by atoms with E-state index < -0.39 is 0 Å². The first-order valence-electron chi connectivity index (χ1n) is 5.28. The number of esters is 1. The molecular formula is C11H11ClN4O2S. The number of nitrogens with two attached hydrogens (primary N) is 1. The van der Waals surface area contributed by atoms with Gasteiger partial charge in [-0.1, -0.05) is 35.5 Å².